The van der Waals surface area contributed by atoms with E-state index in [9.17, 15) is 38.4 Å². The lowest BCUT2D eigenvalue weighted by Gasteiger charge is -2.29. The van der Waals surface area contributed by atoms with Crippen LogP contribution >= 0.6 is 15.9 Å². The van der Waals surface area contributed by atoms with Crippen LogP contribution in [0.4, 0.5) is 11.5 Å². The van der Waals surface area contributed by atoms with Gasteiger partial charge in [0.1, 0.15) is 22.2 Å². The SMILES string of the molecule is NCCOCCOCCCc1cccc2c1CN(C1CCC(=O)CC1=O)C2=O.O=C(O)c1cnc(Br)cn1.O=C1CCC(N2Cc3c(NCCOCCOCCNc4cnc(C(=O)O)cn4)cccc3C2=O)C(=O)N1. The highest BCUT2D eigenvalue weighted by molar-refractivity contribution is 9.10. The number of rotatable bonds is 24. The van der Waals surface area contributed by atoms with Gasteiger partial charge in [-0.25, -0.2) is 29.5 Å². The predicted octanol–water partition coefficient (Wildman–Crippen LogP) is 2.69. The van der Waals surface area contributed by atoms with E-state index in [0.29, 0.717) is 126 Å². The number of hydrogen-bond donors (Lipinski definition) is 6. The number of nitrogens with zero attached hydrogens (tertiary/aromatic N) is 6. The molecule has 4 aliphatic rings. The molecule has 3 aliphatic heterocycles. The van der Waals surface area contributed by atoms with Crippen LogP contribution in [0.3, 0.4) is 0 Å². The van der Waals surface area contributed by atoms with Gasteiger partial charge in [-0.05, 0) is 70.9 Å². The molecule has 5 heterocycles. The maximum absolute atomic E-state index is 12.9. The molecule has 0 bridgehead atoms. The number of amides is 4. The largest absolute Gasteiger partial charge is 0.476 e. The minimum absolute atomic E-state index is 0.0282. The lowest BCUT2D eigenvalue weighted by atomic mass is 9.92. The number of aryl methyl sites for hydroxylation is 1. The van der Waals surface area contributed by atoms with Gasteiger partial charge in [0.2, 0.25) is 11.8 Å². The average molecular weight is 1100 g/mol. The number of Topliss-reactive ketones (excluding diaryl/α,β-unsaturated/α-hetero) is 2. The molecule has 2 aromatic heterocycles. The summed E-state index contributed by atoms with van der Waals surface area (Å²) < 4.78 is 22.4. The van der Waals surface area contributed by atoms with E-state index < -0.39 is 29.9 Å². The number of nitrogens with two attached hydrogens (primary N) is 1. The average Bonchev–Trinajstić information content (AvgIpc) is 3.93. The highest BCUT2D eigenvalue weighted by Crippen LogP contribution is 2.33. The van der Waals surface area contributed by atoms with Gasteiger partial charge in [-0.15, -0.1) is 0 Å². The Morgan fingerprint density at radius 3 is 1.88 bits per heavy atom. The van der Waals surface area contributed by atoms with E-state index in [1.807, 2.05) is 24.3 Å². The maximum Gasteiger partial charge on any atom is 0.356 e. The Morgan fingerprint density at radius 2 is 1.27 bits per heavy atom. The number of benzene rings is 2. The summed E-state index contributed by atoms with van der Waals surface area (Å²) in [5.74, 6) is -2.94. The molecule has 0 spiro atoms. The summed E-state index contributed by atoms with van der Waals surface area (Å²) in [6.45, 7) is 6.18. The van der Waals surface area contributed by atoms with E-state index in [1.165, 1.54) is 29.7 Å². The second-order valence-corrected chi connectivity index (χ2v) is 18.0. The molecule has 7 N–H and O–H groups in total. The minimum atomic E-state index is -1.13. The number of anilines is 2. The number of imide groups is 1. The van der Waals surface area contributed by atoms with Crippen LogP contribution in [0.5, 0.6) is 0 Å². The van der Waals surface area contributed by atoms with Crippen LogP contribution in [-0.2, 0) is 57.6 Å². The summed E-state index contributed by atoms with van der Waals surface area (Å²) >= 11 is 3.03. The lowest BCUT2D eigenvalue weighted by molar-refractivity contribution is -0.137. The molecular weight excluding hydrogens is 1040 g/mol. The third-order valence-electron chi connectivity index (χ3n) is 12.1. The quantitative estimate of drug-likeness (QED) is 0.0334. The van der Waals surface area contributed by atoms with Gasteiger partial charge in [-0.1, -0.05) is 18.2 Å². The first-order valence-corrected chi connectivity index (χ1v) is 25.0. The Kier molecular flexibility index (Phi) is 22.1. The number of carboxylic acids is 2. The van der Waals surface area contributed by atoms with Gasteiger partial charge in [0.25, 0.3) is 11.8 Å². The third-order valence-corrected chi connectivity index (χ3v) is 12.5. The van der Waals surface area contributed by atoms with E-state index in [1.54, 1.807) is 17.0 Å². The fourth-order valence-electron chi connectivity index (χ4n) is 8.40. The first-order valence-electron chi connectivity index (χ1n) is 24.2. The molecule has 1 saturated heterocycles. The zero-order valence-electron chi connectivity index (χ0n) is 41.0. The summed E-state index contributed by atoms with van der Waals surface area (Å²) in [6, 6.07) is 10.1. The highest BCUT2D eigenvalue weighted by atomic mass is 79.9. The molecule has 2 atom stereocenters. The molecule has 400 valence electrons. The number of fused-ring (bicyclic) bond motifs is 2. The second kappa shape index (κ2) is 29.1. The van der Waals surface area contributed by atoms with Crippen molar-refractivity contribution in [2.75, 3.05) is 83.1 Å². The van der Waals surface area contributed by atoms with E-state index in [2.05, 4.69) is 51.8 Å². The molecule has 25 heteroatoms. The normalized spacial score (nSPS) is 16.8. The zero-order chi connectivity index (χ0) is 53.7. The molecule has 2 unspecified atom stereocenters. The fourth-order valence-corrected chi connectivity index (χ4v) is 8.60. The molecule has 2 fully saturated rings. The third kappa shape index (κ3) is 16.7. The van der Waals surface area contributed by atoms with Gasteiger partial charge in [0.05, 0.1) is 83.5 Å². The summed E-state index contributed by atoms with van der Waals surface area (Å²) in [5.41, 5.74) is 10.2. The number of ether oxygens (including phenoxy) is 4. The Morgan fingerprint density at radius 1 is 0.680 bits per heavy atom. The van der Waals surface area contributed by atoms with Crippen molar-refractivity contribution in [1.82, 2.24) is 35.1 Å². The van der Waals surface area contributed by atoms with Crippen LogP contribution in [-0.4, -0.2) is 172 Å². The van der Waals surface area contributed by atoms with E-state index in [0.717, 1.165) is 35.2 Å². The molecular formula is C50H59BrN10O14. The fraction of sp³-hybridized carbons (Fsp3) is 0.440. The Bertz CT molecular complexity index is 2660. The van der Waals surface area contributed by atoms with Gasteiger partial charge >= 0.3 is 11.9 Å². The molecule has 4 amide bonds. The van der Waals surface area contributed by atoms with Crippen LogP contribution in [0, 0.1) is 0 Å². The van der Waals surface area contributed by atoms with Gasteiger partial charge in [0.15, 0.2) is 17.2 Å². The van der Waals surface area contributed by atoms with Gasteiger partial charge in [-0.3, -0.25) is 34.1 Å². The number of carbonyl (C=O) groups excluding carboxylic acids is 6. The zero-order valence-corrected chi connectivity index (χ0v) is 42.6. The molecule has 75 heavy (non-hydrogen) atoms. The van der Waals surface area contributed by atoms with Crippen molar-refractivity contribution >= 4 is 74.6 Å². The summed E-state index contributed by atoms with van der Waals surface area (Å²) in [7, 11) is 0. The van der Waals surface area contributed by atoms with Crippen LogP contribution in [0.25, 0.3) is 0 Å². The monoisotopic (exact) mass is 1100 g/mol. The topological polar surface area (TPSA) is 334 Å². The second-order valence-electron chi connectivity index (χ2n) is 17.2. The number of hydrogen-bond acceptors (Lipinski definition) is 19. The number of piperidine rings is 1. The number of halogens is 1. The van der Waals surface area contributed by atoms with Crippen molar-refractivity contribution in [3.05, 3.63) is 105 Å². The highest BCUT2D eigenvalue weighted by Gasteiger charge is 2.41. The van der Waals surface area contributed by atoms with Crippen LogP contribution < -0.4 is 21.7 Å². The van der Waals surface area contributed by atoms with Crippen molar-refractivity contribution in [3.63, 3.8) is 0 Å². The number of aromatic nitrogens is 4. The van der Waals surface area contributed by atoms with Gasteiger partial charge in [0, 0.05) is 74.6 Å². The van der Waals surface area contributed by atoms with E-state index >= 15 is 0 Å². The van der Waals surface area contributed by atoms with Gasteiger partial charge < -0.3 is 55.3 Å². The van der Waals surface area contributed by atoms with Gasteiger partial charge in [-0.2, -0.15) is 0 Å². The van der Waals surface area contributed by atoms with Crippen molar-refractivity contribution in [2.24, 2.45) is 5.73 Å². The first kappa shape index (κ1) is 57.1. The molecule has 8 rings (SSSR count). The minimum Gasteiger partial charge on any atom is -0.476 e. The van der Waals surface area contributed by atoms with Crippen molar-refractivity contribution in [3.8, 4) is 0 Å². The molecule has 1 saturated carbocycles. The molecule has 0 radical (unpaired) electrons. The standard InChI is InChI=1S/C24H28N6O7.C21H28N2O5.C5H3BrN2O2/c31-21-5-4-19(22(32)29-21)30-14-16-15(23(30)33)2-1-3-17(16)25-6-8-36-10-11-37-9-7-26-20-13-27-18(12-28-20)24(34)35;22-8-10-28-12-11-27-9-2-4-15-3-1-5-17-18(15)14-23(21(17)26)19-7-6-16(24)13-20(19)25;6-4-2-7-3(1-8-4)5(9)10/h1-3,12-13,19,25H,4-11,14H2,(H,26,28)(H,34,35)(H,29,31,32);1,3,5,19H,2,4,6-14,22H2;1-2H,(H,9,10). The number of carbonyl (C=O) groups is 8. The number of nitrogens with one attached hydrogen (secondary N) is 3. The smallest absolute Gasteiger partial charge is 0.356 e. The summed E-state index contributed by atoms with van der Waals surface area (Å²) in [6.07, 6.45) is 8.02. The van der Waals surface area contributed by atoms with Crippen molar-refractivity contribution < 1.29 is 67.5 Å². The number of aromatic carboxylic acids is 2. The van der Waals surface area contributed by atoms with Crippen molar-refractivity contribution in [1.29, 1.82) is 0 Å². The molecule has 2 aromatic carbocycles. The Hall–Kier alpha value is -7.16. The molecule has 24 nitrogen and oxygen atoms in total. The molecule has 4 aromatic rings. The number of carboxylic acid groups (broad SMARTS) is 2. The van der Waals surface area contributed by atoms with Crippen molar-refractivity contribution in [2.45, 2.75) is 70.1 Å². The predicted molar refractivity (Wildman–Crippen MR) is 270 cm³/mol. The Balaban J connectivity index is 0.000000211. The van der Waals surface area contributed by atoms with E-state index in [4.69, 9.17) is 34.9 Å². The van der Waals surface area contributed by atoms with Crippen LogP contribution in [0.1, 0.15) is 96.9 Å². The first-order chi connectivity index (χ1) is 36.2. The van der Waals surface area contributed by atoms with Crippen LogP contribution in [0.15, 0.2) is 65.8 Å². The summed E-state index contributed by atoms with van der Waals surface area (Å²) in [5, 5.41) is 25.7. The Labute approximate surface area is 439 Å². The summed E-state index contributed by atoms with van der Waals surface area (Å²) in [4.78, 5) is 112. The van der Waals surface area contributed by atoms with E-state index in [-0.39, 0.29) is 53.5 Å². The van der Waals surface area contributed by atoms with Crippen LogP contribution in [0.2, 0.25) is 0 Å². The maximum atomic E-state index is 12.9. The molecule has 1 aliphatic carbocycles. The lowest BCUT2D eigenvalue weighted by Crippen LogP contribution is -2.52. The number of ketones is 2.